The Morgan fingerprint density at radius 3 is 2.34 bits per heavy atom. The predicted molar refractivity (Wildman–Crippen MR) is 147 cm³/mol. The van der Waals surface area contributed by atoms with Crippen molar-refractivity contribution in [1.29, 1.82) is 0 Å². The molecule has 0 bridgehead atoms. The van der Waals surface area contributed by atoms with E-state index < -0.39 is 23.3 Å². The van der Waals surface area contributed by atoms with Crippen molar-refractivity contribution in [2.75, 3.05) is 13.1 Å². The van der Waals surface area contributed by atoms with E-state index in [1.54, 1.807) is 13.8 Å². The molecule has 4 rings (SSSR count). The number of oxazole rings is 1. The smallest absolute Gasteiger partial charge is 0.350 e. The van der Waals surface area contributed by atoms with Gasteiger partial charge in [0.25, 0.3) is 0 Å². The molecule has 0 spiro atoms. The van der Waals surface area contributed by atoms with Crippen molar-refractivity contribution in [3.8, 4) is 11.5 Å². The van der Waals surface area contributed by atoms with E-state index in [1.807, 2.05) is 99.6 Å². The molecule has 1 aromatic heterocycles. The van der Waals surface area contributed by atoms with E-state index in [0.717, 1.165) is 22.4 Å². The molecule has 4 aromatic rings. The number of hydrogen-bond donors (Lipinski definition) is 1. The van der Waals surface area contributed by atoms with Crippen LogP contribution in [0.2, 0.25) is 0 Å². The van der Waals surface area contributed by atoms with Crippen LogP contribution in [0.4, 0.5) is 0 Å². The lowest BCUT2D eigenvalue weighted by Gasteiger charge is -2.29. The van der Waals surface area contributed by atoms with Crippen LogP contribution in [0.15, 0.2) is 83.3 Å². The number of fused-ring (bicyclic) bond motifs is 1. The second kappa shape index (κ2) is 11.7. The van der Waals surface area contributed by atoms with Gasteiger partial charge in [-0.25, -0.2) is 9.78 Å². The lowest BCUT2D eigenvalue weighted by Crippen LogP contribution is -2.43. The third kappa shape index (κ3) is 7.35. The summed E-state index contributed by atoms with van der Waals surface area (Å²) >= 11 is 0. The fourth-order valence-corrected chi connectivity index (χ4v) is 3.85. The molecule has 0 aliphatic carbocycles. The minimum atomic E-state index is -1.13. The molecule has 1 unspecified atom stereocenters. The van der Waals surface area contributed by atoms with Crippen molar-refractivity contribution in [3.05, 3.63) is 90.3 Å². The van der Waals surface area contributed by atoms with Gasteiger partial charge < -0.3 is 23.9 Å². The number of rotatable bonds is 11. The van der Waals surface area contributed by atoms with Crippen LogP contribution in [0, 0.1) is 0 Å². The summed E-state index contributed by atoms with van der Waals surface area (Å²) in [4.78, 5) is 17.3. The Kier molecular flexibility index (Phi) is 8.37. The molecule has 7 nitrogen and oxygen atoms in total. The van der Waals surface area contributed by atoms with E-state index >= 15 is 0 Å². The van der Waals surface area contributed by atoms with Gasteiger partial charge in [-0.15, -0.1) is 0 Å². The van der Waals surface area contributed by atoms with Crippen molar-refractivity contribution in [3.63, 3.8) is 0 Å². The molecule has 0 fully saturated rings. The van der Waals surface area contributed by atoms with E-state index in [9.17, 15) is 4.79 Å². The highest BCUT2D eigenvalue weighted by Gasteiger charge is 2.35. The van der Waals surface area contributed by atoms with Crippen LogP contribution in [0.5, 0.6) is 11.5 Å². The van der Waals surface area contributed by atoms with Gasteiger partial charge in [0.1, 0.15) is 22.6 Å². The van der Waals surface area contributed by atoms with Crippen LogP contribution in [0.3, 0.4) is 0 Å². The summed E-state index contributed by atoms with van der Waals surface area (Å²) in [5.41, 5.74) is 0.789. The summed E-state index contributed by atoms with van der Waals surface area (Å²) in [5.74, 6) is 1.51. The molecule has 0 amide bonds. The van der Waals surface area contributed by atoms with Gasteiger partial charge in [0.05, 0.1) is 0 Å². The zero-order valence-corrected chi connectivity index (χ0v) is 22.7. The minimum Gasteiger partial charge on any atom is -0.479 e. The summed E-state index contributed by atoms with van der Waals surface area (Å²) in [6, 6.07) is 25.0. The highest BCUT2D eigenvalue weighted by atomic mass is 16.6. The summed E-state index contributed by atoms with van der Waals surface area (Å²) in [6.45, 7) is 10.1. The van der Waals surface area contributed by atoms with E-state index in [0.29, 0.717) is 31.2 Å². The van der Waals surface area contributed by atoms with Crippen LogP contribution in [-0.4, -0.2) is 35.2 Å². The molecule has 7 heteroatoms. The number of nitrogens with one attached hydrogen (secondary N) is 1. The maximum Gasteiger partial charge on any atom is 0.350 e. The number of para-hydroxylation sites is 4. The Morgan fingerprint density at radius 1 is 0.921 bits per heavy atom. The number of carbonyl (C=O) groups is 1. The van der Waals surface area contributed by atoms with Crippen LogP contribution < -0.4 is 14.8 Å². The highest BCUT2D eigenvalue weighted by molar-refractivity contribution is 5.79. The lowest BCUT2D eigenvalue weighted by atomic mass is 10.1. The molecular weight excluding hydrogens is 480 g/mol. The van der Waals surface area contributed by atoms with Gasteiger partial charge in [0.15, 0.2) is 17.3 Å². The molecule has 0 saturated carbocycles. The number of ether oxygens (including phenoxy) is 3. The van der Waals surface area contributed by atoms with E-state index in [2.05, 4.69) is 10.3 Å². The average Bonchev–Trinajstić information content (AvgIpc) is 3.30. The van der Waals surface area contributed by atoms with Gasteiger partial charge in [-0.3, -0.25) is 0 Å². The highest BCUT2D eigenvalue weighted by Crippen LogP contribution is 2.27. The number of nitrogens with zero attached hydrogens (tertiary/aromatic N) is 1. The van der Waals surface area contributed by atoms with Gasteiger partial charge in [-0.2, -0.15) is 0 Å². The first-order valence-electron chi connectivity index (χ1n) is 12.9. The number of benzene rings is 3. The van der Waals surface area contributed by atoms with Crippen molar-refractivity contribution >= 4 is 17.1 Å². The molecule has 1 heterocycles. The van der Waals surface area contributed by atoms with E-state index in [1.165, 1.54) is 0 Å². The standard InChI is InChI=1S/C31H36N2O5/c1-30(2,3)38-29(34)31(4,5)37-25-17-11-9-13-22(25)19-20-32-21-27(35-23-14-7-6-8-15-23)28-33-24-16-10-12-18-26(24)36-28/h6-18,27,32H,19-21H2,1-5H3. The maximum atomic E-state index is 12.7. The molecule has 200 valence electrons. The molecule has 0 aliphatic heterocycles. The first kappa shape index (κ1) is 27.2. The van der Waals surface area contributed by atoms with Crippen LogP contribution >= 0.6 is 0 Å². The van der Waals surface area contributed by atoms with Crippen LogP contribution in [-0.2, 0) is 16.0 Å². The molecule has 38 heavy (non-hydrogen) atoms. The fraction of sp³-hybridized carbons (Fsp3) is 0.355. The van der Waals surface area contributed by atoms with Gasteiger partial charge in [-0.05, 0) is 83.5 Å². The molecule has 1 atom stereocenters. The molecule has 0 saturated heterocycles. The number of carbonyl (C=O) groups excluding carboxylic acids is 1. The lowest BCUT2D eigenvalue weighted by molar-refractivity contribution is -0.171. The topological polar surface area (TPSA) is 82.8 Å². The molecule has 0 radical (unpaired) electrons. The molecule has 0 aliphatic rings. The van der Waals surface area contributed by atoms with E-state index in [4.69, 9.17) is 18.6 Å². The van der Waals surface area contributed by atoms with E-state index in [-0.39, 0.29) is 0 Å². The van der Waals surface area contributed by atoms with Gasteiger partial charge in [0, 0.05) is 6.54 Å². The van der Waals surface area contributed by atoms with Gasteiger partial charge in [-0.1, -0.05) is 48.5 Å². The summed E-state index contributed by atoms with van der Waals surface area (Å²) in [5, 5.41) is 3.47. The Balaban J connectivity index is 1.41. The third-order valence-corrected chi connectivity index (χ3v) is 5.74. The third-order valence-electron chi connectivity index (χ3n) is 5.74. The number of aromatic nitrogens is 1. The first-order chi connectivity index (χ1) is 18.1. The average molecular weight is 517 g/mol. The summed E-state index contributed by atoms with van der Waals surface area (Å²) in [7, 11) is 0. The van der Waals surface area contributed by atoms with Crippen molar-refractivity contribution in [1.82, 2.24) is 10.3 Å². The first-order valence-corrected chi connectivity index (χ1v) is 12.9. The number of hydrogen-bond acceptors (Lipinski definition) is 7. The number of esters is 1. The second-order valence-corrected chi connectivity index (χ2v) is 10.6. The van der Waals surface area contributed by atoms with Gasteiger partial charge >= 0.3 is 5.97 Å². The van der Waals surface area contributed by atoms with Crippen LogP contribution in [0.25, 0.3) is 11.1 Å². The Labute approximate surface area is 224 Å². The second-order valence-electron chi connectivity index (χ2n) is 10.6. The molecular formula is C31H36N2O5. The minimum absolute atomic E-state index is 0.405. The SMILES string of the molecule is CC(C)(C)OC(=O)C(C)(C)Oc1ccccc1CCNCC(Oc1ccccc1)c1nc2ccccc2o1. The monoisotopic (exact) mass is 516 g/mol. The van der Waals surface area contributed by atoms with Crippen molar-refractivity contribution in [2.45, 2.75) is 58.3 Å². The summed E-state index contributed by atoms with van der Waals surface area (Å²) in [6.07, 6.45) is 0.272. The zero-order valence-electron chi connectivity index (χ0n) is 22.7. The molecule has 3 aromatic carbocycles. The largest absolute Gasteiger partial charge is 0.479 e. The predicted octanol–water partition coefficient (Wildman–Crippen LogP) is 6.28. The summed E-state index contributed by atoms with van der Waals surface area (Å²) < 4.78 is 23.9. The van der Waals surface area contributed by atoms with Gasteiger partial charge in [0.2, 0.25) is 5.89 Å². The Bertz CT molecular complexity index is 1310. The maximum absolute atomic E-state index is 12.7. The Morgan fingerprint density at radius 2 is 1.61 bits per heavy atom. The fourth-order valence-electron chi connectivity index (χ4n) is 3.85. The zero-order chi connectivity index (χ0) is 27.2. The quantitative estimate of drug-likeness (QED) is 0.186. The van der Waals surface area contributed by atoms with Crippen LogP contribution in [0.1, 0.15) is 52.2 Å². The Hall–Kier alpha value is -3.84. The van der Waals surface area contributed by atoms with Crippen molar-refractivity contribution in [2.24, 2.45) is 0 Å². The normalized spacial score (nSPS) is 12.8. The molecule has 1 N–H and O–H groups in total. The van der Waals surface area contributed by atoms with Crippen molar-refractivity contribution < 1.29 is 23.4 Å².